The van der Waals surface area contributed by atoms with E-state index >= 15 is 0 Å². The summed E-state index contributed by atoms with van der Waals surface area (Å²) < 4.78 is 0. The van der Waals surface area contributed by atoms with Crippen LogP contribution in [-0.4, -0.2) is 36.1 Å². The first-order valence-corrected chi connectivity index (χ1v) is 6.83. The Morgan fingerprint density at radius 2 is 2.06 bits per heavy atom. The van der Waals surface area contributed by atoms with E-state index in [9.17, 15) is 9.59 Å². The van der Waals surface area contributed by atoms with Crippen LogP contribution in [0, 0.1) is 5.92 Å². The molecule has 0 aromatic carbocycles. The summed E-state index contributed by atoms with van der Waals surface area (Å²) in [6.07, 6.45) is 4.22. The highest BCUT2D eigenvalue weighted by molar-refractivity contribution is 5.77. The third-order valence-electron chi connectivity index (χ3n) is 3.36. The van der Waals surface area contributed by atoms with Crippen molar-refractivity contribution >= 4 is 11.9 Å². The van der Waals surface area contributed by atoms with Gasteiger partial charge in [0.25, 0.3) is 0 Å². The average molecular weight is 256 g/mol. The maximum absolute atomic E-state index is 11.9. The van der Waals surface area contributed by atoms with E-state index in [4.69, 9.17) is 5.11 Å². The lowest BCUT2D eigenvalue weighted by atomic mass is 9.94. The molecule has 0 saturated carbocycles. The van der Waals surface area contributed by atoms with Gasteiger partial charge in [-0.3, -0.25) is 9.59 Å². The molecule has 1 aliphatic rings. The van der Waals surface area contributed by atoms with Crippen LogP contribution in [0.15, 0.2) is 0 Å². The molecule has 0 aromatic heterocycles. The fraction of sp³-hybridized carbons (Fsp3) is 0.846. The second kappa shape index (κ2) is 8.08. The summed E-state index contributed by atoms with van der Waals surface area (Å²) in [7, 11) is 0. The van der Waals surface area contributed by atoms with Crippen LogP contribution < -0.4 is 10.6 Å². The van der Waals surface area contributed by atoms with Gasteiger partial charge in [0.2, 0.25) is 5.91 Å². The van der Waals surface area contributed by atoms with Gasteiger partial charge in [-0.15, -0.1) is 0 Å². The fourth-order valence-electron chi connectivity index (χ4n) is 2.42. The number of rotatable bonds is 7. The number of nitrogens with one attached hydrogen (secondary N) is 2. The standard InChI is InChI=1S/C13H24N2O3/c1-2-3-11(9-13(17)18)15-12(16)8-10-4-6-14-7-5-10/h10-11,14H,2-9H2,1H3,(H,15,16)(H,17,18). The van der Waals surface area contributed by atoms with Crippen molar-refractivity contribution in [1.82, 2.24) is 10.6 Å². The Morgan fingerprint density at radius 1 is 1.39 bits per heavy atom. The van der Waals surface area contributed by atoms with Gasteiger partial charge in [-0.25, -0.2) is 0 Å². The SMILES string of the molecule is CCCC(CC(=O)O)NC(=O)CC1CCNCC1. The Balaban J connectivity index is 2.32. The van der Waals surface area contributed by atoms with Gasteiger partial charge in [0.15, 0.2) is 0 Å². The Morgan fingerprint density at radius 3 is 2.61 bits per heavy atom. The maximum atomic E-state index is 11.9. The Labute approximate surface area is 108 Å². The second-order valence-electron chi connectivity index (χ2n) is 5.05. The van der Waals surface area contributed by atoms with Crippen LogP contribution in [0.2, 0.25) is 0 Å². The molecule has 5 nitrogen and oxygen atoms in total. The Kier molecular flexibility index (Phi) is 6.72. The monoisotopic (exact) mass is 256 g/mol. The first kappa shape index (κ1) is 15.0. The fourth-order valence-corrected chi connectivity index (χ4v) is 2.42. The number of hydrogen-bond donors (Lipinski definition) is 3. The first-order valence-electron chi connectivity index (χ1n) is 6.83. The predicted octanol–water partition coefficient (Wildman–Crippen LogP) is 1.14. The predicted molar refractivity (Wildman–Crippen MR) is 69.3 cm³/mol. The van der Waals surface area contributed by atoms with E-state index in [0.29, 0.717) is 12.3 Å². The largest absolute Gasteiger partial charge is 0.481 e. The van der Waals surface area contributed by atoms with Crippen molar-refractivity contribution in [3.63, 3.8) is 0 Å². The minimum absolute atomic E-state index is 0.00148. The topological polar surface area (TPSA) is 78.4 Å². The van der Waals surface area contributed by atoms with Crippen LogP contribution in [-0.2, 0) is 9.59 Å². The third-order valence-corrected chi connectivity index (χ3v) is 3.36. The van der Waals surface area contributed by atoms with Crippen LogP contribution >= 0.6 is 0 Å². The van der Waals surface area contributed by atoms with Gasteiger partial charge in [-0.05, 0) is 38.3 Å². The van der Waals surface area contributed by atoms with E-state index in [-0.39, 0.29) is 18.4 Å². The molecule has 1 heterocycles. The number of amides is 1. The molecular formula is C13H24N2O3. The van der Waals surface area contributed by atoms with E-state index in [2.05, 4.69) is 10.6 Å². The van der Waals surface area contributed by atoms with E-state index in [0.717, 1.165) is 38.8 Å². The van der Waals surface area contributed by atoms with E-state index in [1.165, 1.54) is 0 Å². The van der Waals surface area contributed by atoms with Crippen molar-refractivity contribution in [2.75, 3.05) is 13.1 Å². The molecule has 0 spiro atoms. The molecule has 1 fully saturated rings. The number of piperidine rings is 1. The lowest BCUT2D eigenvalue weighted by Crippen LogP contribution is -2.38. The third kappa shape index (κ3) is 6.00. The van der Waals surface area contributed by atoms with E-state index in [1.54, 1.807) is 0 Å². The molecular weight excluding hydrogens is 232 g/mol. The van der Waals surface area contributed by atoms with Gasteiger partial charge in [-0.1, -0.05) is 13.3 Å². The van der Waals surface area contributed by atoms with Crippen LogP contribution in [0.4, 0.5) is 0 Å². The molecule has 1 amide bonds. The normalized spacial score (nSPS) is 18.3. The molecule has 0 bridgehead atoms. The van der Waals surface area contributed by atoms with Gasteiger partial charge in [0, 0.05) is 12.5 Å². The first-order chi connectivity index (χ1) is 8.61. The molecule has 5 heteroatoms. The van der Waals surface area contributed by atoms with Gasteiger partial charge in [0.05, 0.1) is 6.42 Å². The minimum atomic E-state index is -0.851. The molecule has 3 N–H and O–H groups in total. The molecule has 1 saturated heterocycles. The highest BCUT2D eigenvalue weighted by atomic mass is 16.4. The van der Waals surface area contributed by atoms with Crippen molar-refractivity contribution in [2.45, 2.75) is 51.5 Å². The molecule has 0 aromatic rings. The molecule has 1 rings (SSSR count). The highest BCUT2D eigenvalue weighted by Gasteiger charge is 2.19. The van der Waals surface area contributed by atoms with Crippen molar-refractivity contribution in [1.29, 1.82) is 0 Å². The Hall–Kier alpha value is -1.10. The smallest absolute Gasteiger partial charge is 0.305 e. The number of carbonyl (C=O) groups is 2. The Bertz CT molecular complexity index is 275. The summed E-state index contributed by atoms with van der Waals surface area (Å²) >= 11 is 0. The minimum Gasteiger partial charge on any atom is -0.481 e. The zero-order valence-corrected chi connectivity index (χ0v) is 11.1. The molecule has 1 atom stereocenters. The van der Waals surface area contributed by atoms with Crippen LogP contribution in [0.1, 0.15) is 45.4 Å². The van der Waals surface area contributed by atoms with Gasteiger partial charge in [0.1, 0.15) is 0 Å². The van der Waals surface area contributed by atoms with Crippen LogP contribution in [0.3, 0.4) is 0 Å². The molecule has 104 valence electrons. The maximum Gasteiger partial charge on any atom is 0.305 e. The van der Waals surface area contributed by atoms with Crippen LogP contribution in [0.5, 0.6) is 0 Å². The summed E-state index contributed by atoms with van der Waals surface area (Å²) in [6.45, 7) is 3.95. The molecule has 0 radical (unpaired) electrons. The lowest BCUT2D eigenvalue weighted by Gasteiger charge is -2.23. The quantitative estimate of drug-likeness (QED) is 0.638. The summed E-state index contributed by atoms with van der Waals surface area (Å²) in [5, 5.41) is 14.9. The number of carboxylic acids is 1. The van der Waals surface area contributed by atoms with Crippen molar-refractivity contribution < 1.29 is 14.7 Å². The molecule has 1 unspecified atom stereocenters. The lowest BCUT2D eigenvalue weighted by molar-refractivity contribution is -0.137. The van der Waals surface area contributed by atoms with Gasteiger partial charge < -0.3 is 15.7 Å². The highest BCUT2D eigenvalue weighted by Crippen LogP contribution is 2.16. The molecule has 1 aliphatic heterocycles. The van der Waals surface area contributed by atoms with E-state index < -0.39 is 5.97 Å². The molecule has 18 heavy (non-hydrogen) atoms. The number of carboxylic acid groups (broad SMARTS) is 1. The number of carbonyl (C=O) groups excluding carboxylic acids is 1. The molecule has 0 aliphatic carbocycles. The summed E-state index contributed by atoms with van der Waals surface area (Å²) in [4.78, 5) is 22.6. The second-order valence-corrected chi connectivity index (χ2v) is 5.05. The average Bonchev–Trinajstić information content (AvgIpc) is 2.29. The van der Waals surface area contributed by atoms with E-state index in [1.807, 2.05) is 6.92 Å². The summed E-state index contributed by atoms with van der Waals surface area (Å²) in [5.41, 5.74) is 0. The van der Waals surface area contributed by atoms with Gasteiger partial charge >= 0.3 is 5.97 Å². The van der Waals surface area contributed by atoms with Crippen LogP contribution in [0.25, 0.3) is 0 Å². The zero-order chi connectivity index (χ0) is 13.4. The van der Waals surface area contributed by atoms with Crippen molar-refractivity contribution in [3.8, 4) is 0 Å². The van der Waals surface area contributed by atoms with Crippen molar-refractivity contribution in [3.05, 3.63) is 0 Å². The zero-order valence-electron chi connectivity index (χ0n) is 11.1. The number of hydrogen-bond acceptors (Lipinski definition) is 3. The number of aliphatic carboxylic acids is 1. The van der Waals surface area contributed by atoms with Gasteiger partial charge in [-0.2, -0.15) is 0 Å². The summed E-state index contributed by atoms with van der Waals surface area (Å²) in [5.74, 6) is -0.407. The van der Waals surface area contributed by atoms with Crippen molar-refractivity contribution in [2.24, 2.45) is 5.92 Å². The summed E-state index contributed by atoms with van der Waals surface area (Å²) in [6, 6.07) is -0.221.